The molecular formula is C20H27F3N2O4S. The minimum Gasteiger partial charge on any atom is -0.475 e. The van der Waals surface area contributed by atoms with Gasteiger partial charge in [-0.1, -0.05) is 12.5 Å². The van der Waals surface area contributed by atoms with E-state index in [0.717, 1.165) is 12.6 Å². The van der Waals surface area contributed by atoms with E-state index in [4.69, 9.17) is 14.6 Å². The smallest absolute Gasteiger partial charge is 0.475 e. The van der Waals surface area contributed by atoms with E-state index in [-0.39, 0.29) is 12.0 Å². The third-order valence-corrected chi connectivity index (χ3v) is 6.96. The second kappa shape index (κ2) is 10.1. The van der Waals surface area contributed by atoms with Crippen LogP contribution in [0.4, 0.5) is 13.2 Å². The molecule has 10 heteroatoms. The molecule has 168 valence electrons. The monoisotopic (exact) mass is 448 g/mol. The van der Waals surface area contributed by atoms with E-state index in [9.17, 15) is 18.0 Å². The molecule has 0 spiro atoms. The third kappa shape index (κ3) is 6.18. The number of ether oxygens (including phenoxy) is 1. The minimum absolute atomic E-state index is 0.130. The van der Waals surface area contributed by atoms with Crippen molar-refractivity contribution in [3.05, 3.63) is 22.4 Å². The number of fused-ring (bicyclic) bond motifs is 1. The van der Waals surface area contributed by atoms with Crippen molar-refractivity contribution in [2.75, 3.05) is 19.7 Å². The number of aliphatic carboxylic acids is 1. The van der Waals surface area contributed by atoms with Crippen LogP contribution in [-0.2, 0) is 20.9 Å². The number of halogens is 3. The third-order valence-electron chi connectivity index (χ3n) is 6.09. The summed E-state index contributed by atoms with van der Waals surface area (Å²) in [6, 6.07) is 4.92. The number of rotatable bonds is 5. The Hall–Kier alpha value is -1.65. The van der Waals surface area contributed by atoms with E-state index in [1.165, 1.54) is 43.6 Å². The fraction of sp³-hybridized carbons (Fsp3) is 0.700. The van der Waals surface area contributed by atoms with Gasteiger partial charge in [0, 0.05) is 23.4 Å². The molecule has 0 aromatic carbocycles. The fourth-order valence-corrected chi connectivity index (χ4v) is 4.91. The first kappa shape index (κ1) is 23.0. The molecule has 1 aliphatic carbocycles. The molecule has 6 nitrogen and oxygen atoms in total. The van der Waals surface area contributed by atoms with Gasteiger partial charge in [0.2, 0.25) is 5.91 Å². The van der Waals surface area contributed by atoms with Crippen LogP contribution in [0.2, 0.25) is 0 Å². The molecule has 1 saturated carbocycles. The number of alkyl halides is 3. The molecule has 0 bridgehead atoms. The molecule has 3 heterocycles. The topological polar surface area (TPSA) is 78.9 Å². The number of piperidine rings is 1. The zero-order valence-corrected chi connectivity index (χ0v) is 17.4. The summed E-state index contributed by atoms with van der Waals surface area (Å²) in [5.74, 6) is -1.41. The van der Waals surface area contributed by atoms with Crippen LogP contribution in [0.3, 0.4) is 0 Å². The first-order chi connectivity index (χ1) is 14.2. The van der Waals surface area contributed by atoms with E-state index in [2.05, 4.69) is 16.3 Å². The average Bonchev–Trinajstić information content (AvgIpc) is 3.28. The number of likely N-dealkylation sites (tertiary alicyclic amines) is 1. The number of nitrogens with zero attached hydrogens (tertiary/aromatic N) is 1. The quantitative estimate of drug-likeness (QED) is 0.723. The molecule has 4 rings (SSSR count). The van der Waals surface area contributed by atoms with E-state index in [1.807, 2.05) is 11.4 Å². The summed E-state index contributed by atoms with van der Waals surface area (Å²) in [5.41, 5.74) is 0. The molecule has 30 heavy (non-hydrogen) atoms. The molecule has 2 N–H and O–H groups in total. The number of carboxylic acids is 1. The predicted octanol–water partition coefficient (Wildman–Crippen LogP) is 3.28. The van der Waals surface area contributed by atoms with Gasteiger partial charge in [0.05, 0.1) is 25.7 Å². The molecular weight excluding hydrogens is 421 g/mol. The SMILES string of the molecule is O=C(C[C@H]1OC[C@H]2CN(C3CCC3)CC[C@H]21)NCc1cccs1.O=C(O)C(F)(F)F. The van der Waals surface area contributed by atoms with E-state index < -0.39 is 12.1 Å². The predicted molar refractivity (Wildman–Crippen MR) is 105 cm³/mol. The van der Waals surface area contributed by atoms with Crippen LogP contribution >= 0.6 is 11.3 Å². The second-order valence-corrected chi connectivity index (χ2v) is 9.06. The van der Waals surface area contributed by atoms with Gasteiger partial charge in [0.25, 0.3) is 0 Å². The molecule has 3 atom stereocenters. The molecule has 2 aliphatic heterocycles. The highest BCUT2D eigenvalue weighted by Gasteiger charge is 2.43. The summed E-state index contributed by atoms with van der Waals surface area (Å²) >= 11 is 1.68. The van der Waals surface area contributed by atoms with Crippen molar-refractivity contribution in [1.29, 1.82) is 0 Å². The first-order valence-corrected chi connectivity index (χ1v) is 11.1. The summed E-state index contributed by atoms with van der Waals surface area (Å²) in [6.45, 7) is 3.87. The highest BCUT2D eigenvalue weighted by molar-refractivity contribution is 7.09. The summed E-state index contributed by atoms with van der Waals surface area (Å²) in [5, 5.41) is 12.2. The maximum absolute atomic E-state index is 12.2. The molecule has 2 saturated heterocycles. The Morgan fingerprint density at radius 1 is 1.30 bits per heavy atom. The van der Waals surface area contributed by atoms with Crippen LogP contribution in [0.15, 0.2) is 17.5 Å². The van der Waals surface area contributed by atoms with E-state index >= 15 is 0 Å². The van der Waals surface area contributed by atoms with E-state index in [1.54, 1.807) is 11.3 Å². The lowest BCUT2D eigenvalue weighted by molar-refractivity contribution is -0.192. The van der Waals surface area contributed by atoms with Crippen molar-refractivity contribution in [3.8, 4) is 0 Å². The number of carbonyl (C=O) groups is 2. The summed E-state index contributed by atoms with van der Waals surface area (Å²) < 4.78 is 37.7. The van der Waals surface area contributed by atoms with Gasteiger partial charge < -0.3 is 20.1 Å². The Morgan fingerprint density at radius 2 is 2.03 bits per heavy atom. The maximum Gasteiger partial charge on any atom is 0.490 e. The molecule has 1 aromatic rings. The van der Waals surface area contributed by atoms with Crippen molar-refractivity contribution in [2.45, 2.75) is 57.0 Å². The van der Waals surface area contributed by atoms with Gasteiger partial charge >= 0.3 is 12.1 Å². The van der Waals surface area contributed by atoms with Gasteiger partial charge in [-0.3, -0.25) is 4.79 Å². The van der Waals surface area contributed by atoms with Crippen LogP contribution in [0, 0.1) is 11.8 Å². The highest BCUT2D eigenvalue weighted by Crippen LogP contribution is 2.38. The number of nitrogens with one attached hydrogen (secondary N) is 1. The zero-order chi connectivity index (χ0) is 21.7. The van der Waals surface area contributed by atoms with Crippen molar-refractivity contribution in [3.63, 3.8) is 0 Å². The number of hydrogen-bond acceptors (Lipinski definition) is 5. The van der Waals surface area contributed by atoms with Crippen LogP contribution in [-0.4, -0.2) is 59.9 Å². The van der Waals surface area contributed by atoms with Crippen LogP contribution in [0.1, 0.15) is 37.0 Å². The molecule has 3 fully saturated rings. The number of carbonyl (C=O) groups excluding carboxylic acids is 1. The zero-order valence-electron chi connectivity index (χ0n) is 16.6. The fourth-order valence-electron chi connectivity index (χ4n) is 4.26. The Kier molecular flexibility index (Phi) is 7.75. The largest absolute Gasteiger partial charge is 0.490 e. The Balaban J connectivity index is 0.000000318. The second-order valence-electron chi connectivity index (χ2n) is 8.03. The van der Waals surface area contributed by atoms with Crippen molar-refractivity contribution < 1.29 is 32.6 Å². The number of amides is 1. The van der Waals surface area contributed by atoms with Crippen LogP contribution in [0.25, 0.3) is 0 Å². The van der Waals surface area contributed by atoms with Gasteiger partial charge in [-0.15, -0.1) is 11.3 Å². The van der Waals surface area contributed by atoms with Crippen molar-refractivity contribution in [1.82, 2.24) is 10.2 Å². The number of thiophene rings is 1. The summed E-state index contributed by atoms with van der Waals surface area (Å²) in [4.78, 5) is 25.0. The summed E-state index contributed by atoms with van der Waals surface area (Å²) in [6.07, 6.45) is 0.935. The van der Waals surface area contributed by atoms with Gasteiger partial charge in [-0.25, -0.2) is 4.79 Å². The Morgan fingerprint density at radius 3 is 2.60 bits per heavy atom. The van der Waals surface area contributed by atoms with Crippen LogP contribution < -0.4 is 5.32 Å². The standard InChI is InChI=1S/C18H26N2O2S.C2HF3O2/c21-18(19-10-15-5-2-8-23-15)9-17-16-6-7-20(14-3-1-4-14)11-13(16)12-22-17;3-2(4,5)1(6)7/h2,5,8,13-14,16-17H,1,3-4,6-7,9-12H2,(H,19,21);(H,6,7)/t13-,16-,17-;/m1./s1. The van der Waals surface area contributed by atoms with Crippen LogP contribution in [0.5, 0.6) is 0 Å². The van der Waals surface area contributed by atoms with Crippen molar-refractivity contribution in [2.24, 2.45) is 11.8 Å². The van der Waals surface area contributed by atoms with Gasteiger partial charge in [0.15, 0.2) is 0 Å². The number of hydrogen-bond donors (Lipinski definition) is 2. The normalized spacial score (nSPS) is 26.8. The lowest BCUT2D eigenvalue weighted by atomic mass is 9.80. The lowest BCUT2D eigenvalue weighted by Gasteiger charge is -2.43. The molecule has 0 unspecified atom stereocenters. The summed E-state index contributed by atoms with van der Waals surface area (Å²) in [7, 11) is 0. The van der Waals surface area contributed by atoms with E-state index in [0.29, 0.717) is 24.8 Å². The molecule has 0 radical (unpaired) electrons. The first-order valence-electron chi connectivity index (χ1n) is 10.2. The molecule has 3 aliphatic rings. The minimum atomic E-state index is -5.08. The lowest BCUT2D eigenvalue weighted by Crippen LogP contribution is -2.49. The van der Waals surface area contributed by atoms with Gasteiger partial charge in [-0.2, -0.15) is 13.2 Å². The van der Waals surface area contributed by atoms with Gasteiger partial charge in [-0.05, 0) is 43.2 Å². The highest BCUT2D eigenvalue weighted by atomic mass is 32.1. The molecule has 1 amide bonds. The maximum atomic E-state index is 12.2. The van der Waals surface area contributed by atoms with Gasteiger partial charge in [0.1, 0.15) is 0 Å². The Bertz CT molecular complexity index is 709. The Labute approximate surface area is 177 Å². The number of carboxylic acid groups (broad SMARTS) is 1. The average molecular weight is 449 g/mol. The molecule has 1 aromatic heterocycles. The van der Waals surface area contributed by atoms with Crippen molar-refractivity contribution >= 4 is 23.2 Å².